The molecule has 0 aromatic heterocycles. The third-order valence-electron chi connectivity index (χ3n) is 1.90. The number of hydrogen-bond donors (Lipinski definition) is 2. The van der Waals surface area contributed by atoms with Crippen molar-refractivity contribution in [1.29, 1.82) is 0 Å². The highest BCUT2D eigenvalue weighted by Crippen LogP contribution is 2.03. The van der Waals surface area contributed by atoms with Crippen LogP contribution in [0.4, 0.5) is 0 Å². The standard InChI is InChI=1S/C9H21NO3/c1-3-4-8(10)9(7-11)13-6-5-12-2/h8-9,11H,3-7,10H2,1-2H3. The van der Waals surface area contributed by atoms with Crippen LogP contribution < -0.4 is 5.73 Å². The predicted molar refractivity (Wildman–Crippen MR) is 51.6 cm³/mol. The molecule has 0 aromatic rings. The minimum atomic E-state index is -0.255. The summed E-state index contributed by atoms with van der Waals surface area (Å²) in [6.45, 7) is 3.06. The Balaban J connectivity index is 3.60. The van der Waals surface area contributed by atoms with Crippen molar-refractivity contribution in [2.45, 2.75) is 31.9 Å². The van der Waals surface area contributed by atoms with Gasteiger partial charge in [-0.2, -0.15) is 0 Å². The summed E-state index contributed by atoms with van der Waals surface area (Å²) in [5.74, 6) is 0. The Morgan fingerprint density at radius 1 is 1.38 bits per heavy atom. The van der Waals surface area contributed by atoms with E-state index < -0.39 is 0 Å². The molecule has 3 N–H and O–H groups in total. The quantitative estimate of drug-likeness (QED) is 0.536. The minimum absolute atomic E-state index is 0.0229. The van der Waals surface area contributed by atoms with Crippen LogP contribution in [0.15, 0.2) is 0 Å². The largest absolute Gasteiger partial charge is 0.394 e. The van der Waals surface area contributed by atoms with Crippen LogP contribution in [0.2, 0.25) is 0 Å². The molecule has 0 radical (unpaired) electrons. The lowest BCUT2D eigenvalue weighted by atomic mass is 10.1. The first-order valence-corrected chi connectivity index (χ1v) is 4.73. The molecule has 2 unspecified atom stereocenters. The summed E-state index contributed by atoms with van der Waals surface area (Å²) in [7, 11) is 1.61. The summed E-state index contributed by atoms with van der Waals surface area (Å²) in [6, 6.07) is -0.0770. The van der Waals surface area contributed by atoms with Crippen LogP contribution in [-0.2, 0) is 9.47 Å². The molecule has 0 rings (SSSR count). The average Bonchev–Trinajstić information content (AvgIpc) is 2.13. The Morgan fingerprint density at radius 3 is 2.54 bits per heavy atom. The first kappa shape index (κ1) is 12.8. The maximum Gasteiger partial charge on any atom is 0.0957 e. The van der Waals surface area contributed by atoms with Gasteiger partial charge in [0.15, 0.2) is 0 Å². The highest BCUT2D eigenvalue weighted by molar-refractivity contribution is 4.71. The summed E-state index contributed by atoms with van der Waals surface area (Å²) >= 11 is 0. The van der Waals surface area contributed by atoms with E-state index in [1.165, 1.54) is 0 Å². The zero-order chi connectivity index (χ0) is 10.1. The molecule has 80 valence electrons. The monoisotopic (exact) mass is 191 g/mol. The highest BCUT2D eigenvalue weighted by Gasteiger charge is 2.16. The molecule has 0 amide bonds. The number of aliphatic hydroxyl groups is 1. The first-order valence-electron chi connectivity index (χ1n) is 4.73. The summed E-state index contributed by atoms with van der Waals surface area (Å²) in [5, 5.41) is 8.98. The van der Waals surface area contributed by atoms with E-state index in [1.54, 1.807) is 7.11 Å². The van der Waals surface area contributed by atoms with Crippen LogP contribution in [0.5, 0.6) is 0 Å². The Morgan fingerprint density at radius 2 is 2.08 bits per heavy atom. The molecule has 0 aromatic carbocycles. The van der Waals surface area contributed by atoms with Gasteiger partial charge in [-0.15, -0.1) is 0 Å². The summed E-state index contributed by atoms with van der Waals surface area (Å²) in [6.07, 6.45) is 1.62. The van der Waals surface area contributed by atoms with Gasteiger partial charge in [-0.1, -0.05) is 13.3 Å². The van der Waals surface area contributed by atoms with E-state index in [9.17, 15) is 0 Å². The molecule has 0 aliphatic heterocycles. The van der Waals surface area contributed by atoms with Gasteiger partial charge in [-0.25, -0.2) is 0 Å². The van der Waals surface area contributed by atoms with Gasteiger partial charge in [-0.3, -0.25) is 0 Å². The second-order valence-electron chi connectivity index (χ2n) is 3.04. The van der Waals surface area contributed by atoms with Gasteiger partial charge in [0.25, 0.3) is 0 Å². The number of rotatable bonds is 8. The van der Waals surface area contributed by atoms with Crippen LogP contribution in [0, 0.1) is 0 Å². The molecule has 0 saturated carbocycles. The van der Waals surface area contributed by atoms with Crippen molar-refractivity contribution in [2.24, 2.45) is 5.73 Å². The number of methoxy groups -OCH3 is 1. The molecule has 13 heavy (non-hydrogen) atoms. The fraction of sp³-hybridized carbons (Fsp3) is 1.00. The number of nitrogens with two attached hydrogens (primary N) is 1. The Hall–Kier alpha value is -0.160. The summed E-state index contributed by atoms with van der Waals surface area (Å²) in [4.78, 5) is 0. The number of hydrogen-bond acceptors (Lipinski definition) is 4. The molecule has 0 heterocycles. The topological polar surface area (TPSA) is 64.7 Å². The molecule has 2 atom stereocenters. The second-order valence-corrected chi connectivity index (χ2v) is 3.04. The molecule has 0 fully saturated rings. The molecule has 0 bridgehead atoms. The van der Waals surface area contributed by atoms with Crippen molar-refractivity contribution in [3.63, 3.8) is 0 Å². The van der Waals surface area contributed by atoms with Gasteiger partial charge in [0.1, 0.15) is 0 Å². The first-order chi connectivity index (χ1) is 6.26. The van der Waals surface area contributed by atoms with Crippen molar-refractivity contribution in [2.75, 3.05) is 26.9 Å². The SMILES string of the molecule is CCCC(N)C(CO)OCCOC. The van der Waals surface area contributed by atoms with Crippen molar-refractivity contribution < 1.29 is 14.6 Å². The van der Waals surface area contributed by atoms with E-state index in [0.717, 1.165) is 12.8 Å². The lowest BCUT2D eigenvalue weighted by molar-refractivity contribution is -0.0243. The molecule has 0 spiro atoms. The van der Waals surface area contributed by atoms with Crippen LogP contribution >= 0.6 is 0 Å². The number of aliphatic hydroxyl groups excluding tert-OH is 1. The molecule has 0 aliphatic carbocycles. The average molecular weight is 191 g/mol. The Kier molecular flexibility index (Phi) is 8.33. The van der Waals surface area contributed by atoms with Gasteiger partial charge in [-0.05, 0) is 6.42 Å². The smallest absolute Gasteiger partial charge is 0.0957 e. The fourth-order valence-corrected chi connectivity index (χ4v) is 1.11. The molecule has 4 heteroatoms. The van der Waals surface area contributed by atoms with E-state index in [2.05, 4.69) is 6.92 Å². The van der Waals surface area contributed by atoms with Crippen molar-refractivity contribution in [3.05, 3.63) is 0 Å². The minimum Gasteiger partial charge on any atom is -0.394 e. The van der Waals surface area contributed by atoms with Gasteiger partial charge in [0.2, 0.25) is 0 Å². The molecule has 0 saturated heterocycles. The van der Waals surface area contributed by atoms with E-state index in [1.807, 2.05) is 0 Å². The van der Waals surface area contributed by atoms with Crippen molar-refractivity contribution >= 4 is 0 Å². The van der Waals surface area contributed by atoms with Gasteiger partial charge in [0, 0.05) is 13.2 Å². The third-order valence-corrected chi connectivity index (χ3v) is 1.90. The van der Waals surface area contributed by atoms with E-state index in [-0.39, 0.29) is 18.8 Å². The maximum atomic E-state index is 8.98. The molecular weight excluding hydrogens is 170 g/mol. The van der Waals surface area contributed by atoms with Crippen LogP contribution in [0.3, 0.4) is 0 Å². The van der Waals surface area contributed by atoms with Crippen LogP contribution in [-0.4, -0.2) is 44.2 Å². The molecule has 4 nitrogen and oxygen atoms in total. The fourth-order valence-electron chi connectivity index (χ4n) is 1.11. The van der Waals surface area contributed by atoms with Crippen molar-refractivity contribution in [1.82, 2.24) is 0 Å². The second kappa shape index (κ2) is 8.44. The van der Waals surface area contributed by atoms with Crippen LogP contribution in [0.1, 0.15) is 19.8 Å². The summed E-state index contributed by atoms with van der Waals surface area (Å²) in [5.41, 5.74) is 5.80. The van der Waals surface area contributed by atoms with Gasteiger partial charge in [0.05, 0.1) is 25.9 Å². The maximum absolute atomic E-state index is 8.98. The predicted octanol–water partition coefficient (Wildman–Crippen LogP) is 0.138. The lowest BCUT2D eigenvalue weighted by Crippen LogP contribution is -2.39. The van der Waals surface area contributed by atoms with E-state index >= 15 is 0 Å². The highest BCUT2D eigenvalue weighted by atomic mass is 16.5. The third kappa shape index (κ3) is 5.99. The zero-order valence-electron chi connectivity index (χ0n) is 8.53. The normalized spacial score (nSPS) is 15.7. The molecular formula is C9H21NO3. The lowest BCUT2D eigenvalue weighted by Gasteiger charge is -2.21. The van der Waals surface area contributed by atoms with Gasteiger partial charge < -0.3 is 20.3 Å². The Bertz CT molecular complexity index is 111. The van der Waals surface area contributed by atoms with Crippen LogP contribution in [0.25, 0.3) is 0 Å². The van der Waals surface area contributed by atoms with Gasteiger partial charge >= 0.3 is 0 Å². The van der Waals surface area contributed by atoms with E-state index in [4.69, 9.17) is 20.3 Å². The Labute approximate surface area is 80.0 Å². The number of ether oxygens (including phenoxy) is 2. The molecule has 0 aliphatic rings. The van der Waals surface area contributed by atoms with E-state index in [0.29, 0.717) is 13.2 Å². The zero-order valence-corrected chi connectivity index (χ0v) is 8.53. The summed E-state index contributed by atoms with van der Waals surface area (Å²) < 4.78 is 10.2. The van der Waals surface area contributed by atoms with Crippen molar-refractivity contribution in [3.8, 4) is 0 Å².